The molecule has 16 heavy (non-hydrogen) atoms. The summed E-state index contributed by atoms with van der Waals surface area (Å²) in [6, 6.07) is 4.15. The van der Waals surface area contributed by atoms with Crippen LogP contribution < -0.4 is 5.73 Å². The molecule has 0 aromatic carbocycles. The van der Waals surface area contributed by atoms with Gasteiger partial charge in [0.05, 0.1) is 5.69 Å². The van der Waals surface area contributed by atoms with Crippen molar-refractivity contribution >= 4 is 0 Å². The third-order valence-electron chi connectivity index (χ3n) is 3.45. The maximum atomic E-state index is 5.70. The lowest BCUT2D eigenvalue weighted by Gasteiger charge is -2.30. The second-order valence-electron chi connectivity index (χ2n) is 4.77. The van der Waals surface area contributed by atoms with Gasteiger partial charge in [-0.1, -0.05) is 13.0 Å². The zero-order chi connectivity index (χ0) is 11.4. The van der Waals surface area contributed by atoms with Crippen LogP contribution in [-0.2, 0) is 13.1 Å². The Hall–Kier alpha value is -0.930. The minimum absolute atomic E-state index is 0.542. The van der Waals surface area contributed by atoms with Crippen LogP contribution in [0.4, 0.5) is 0 Å². The number of likely N-dealkylation sites (tertiary alicyclic amines) is 1. The minimum atomic E-state index is 0.542. The van der Waals surface area contributed by atoms with E-state index in [2.05, 4.69) is 22.9 Å². The summed E-state index contributed by atoms with van der Waals surface area (Å²) in [6.45, 7) is 6.31. The molecule has 0 atom stereocenters. The number of hydrogen-bond donors (Lipinski definition) is 1. The molecule has 2 N–H and O–H groups in total. The molecule has 1 aromatic rings. The lowest BCUT2D eigenvalue weighted by Crippen LogP contribution is -2.32. The number of nitrogens with two attached hydrogens (primary N) is 1. The first-order valence-corrected chi connectivity index (χ1v) is 6.15. The first-order valence-electron chi connectivity index (χ1n) is 6.15. The summed E-state index contributed by atoms with van der Waals surface area (Å²) in [4.78, 5) is 6.84. The van der Waals surface area contributed by atoms with Gasteiger partial charge in [-0.05, 0) is 43.5 Å². The van der Waals surface area contributed by atoms with Gasteiger partial charge in [0, 0.05) is 19.3 Å². The third kappa shape index (κ3) is 2.80. The fourth-order valence-electron chi connectivity index (χ4n) is 2.26. The van der Waals surface area contributed by atoms with Gasteiger partial charge in [-0.3, -0.25) is 9.88 Å². The van der Waals surface area contributed by atoms with Gasteiger partial charge in [-0.2, -0.15) is 0 Å². The van der Waals surface area contributed by atoms with Gasteiger partial charge >= 0.3 is 0 Å². The van der Waals surface area contributed by atoms with Crippen LogP contribution in [0, 0.1) is 5.92 Å². The molecule has 0 radical (unpaired) electrons. The summed E-state index contributed by atoms with van der Waals surface area (Å²) < 4.78 is 0. The summed E-state index contributed by atoms with van der Waals surface area (Å²) in [5, 5.41) is 0. The van der Waals surface area contributed by atoms with Crippen molar-refractivity contribution in [2.75, 3.05) is 13.1 Å². The third-order valence-corrected chi connectivity index (χ3v) is 3.45. The highest BCUT2D eigenvalue weighted by atomic mass is 15.1. The number of hydrogen-bond acceptors (Lipinski definition) is 3. The molecule has 1 aromatic heterocycles. The SMILES string of the molecule is CC1CCN(Cc2cccnc2CN)CC1. The van der Waals surface area contributed by atoms with E-state index in [1.165, 1.54) is 31.5 Å². The van der Waals surface area contributed by atoms with Gasteiger partial charge in [0.1, 0.15) is 0 Å². The Morgan fingerprint density at radius 3 is 2.88 bits per heavy atom. The van der Waals surface area contributed by atoms with Crippen LogP contribution in [0.25, 0.3) is 0 Å². The lowest BCUT2D eigenvalue weighted by atomic mass is 9.99. The van der Waals surface area contributed by atoms with E-state index in [0.29, 0.717) is 6.54 Å². The predicted molar refractivity (Wildman–Crippen MR) is 65.8 cm³/mol. The largest absolute Gasteiger partial charge is 0.325 e. The molecule has 0 saturated carbocycles. The minimum Gasteiger partial charge on any atom is -0.325 e. The van der Waals surface area contributed by atoms with E-state index in [-0.39, 0.29) is 0 Å². The molecule has 0 spiro atoms. The van der Waals surface area contributed by atoms with E-state index >= 15 is 0 Å². The van der Waals surface area contributed by atoms with Crippen LogP contribution in [0.1, 0.15) is 31.0 Å². The number of piperidine rings is 1. The fraction of sp³-hybridized carbons (Fsp3) is 0.615. The first kappa shape index (κ1) is 11.6. The molecule has 2 heterocycles. The maximum Gasteiger partial charge on any atom is 0.0584 e. The lowest BCUT2D eigenvalue weighted by molar-refractivity contribution is 0.184. The Bertz CT molecular complexity index is 330. The van der Waals surface area contributed by atoms with Crippen molar-refractivity contribution in [3.63, 3.8) is 0 Å². The van der Waals surface area contributed by atoms with Crippen LogP contribution in [0.3, 0.4) is 0 Å². The topological polar surface area (TPSA) is 42.2 Å². The Balaban J connectivity index is 1.98. The van der Waals surface area contributed by atoms with Gasteiger partial charge in [-0.25, -0.2) is 0 Å². The van der Waals surface area contributed by atoms with E-state index in [4.69, 9.17) is 5.73 Å². The summed E-state index contributed by atoms with van der Waals surface area (Å²) in [6.07, 6.45) is 4.46. The van der Waals surface area contributed by atoms with Crippen molar-refractivity contribution in [2.45, 2.75) is 32.9 Å². The van der Waals surface area contributed by atoms with Crippen molar-refractivity contribution in [1.29, 1.82) is 0 Å². The predicted octanol–water partition coefficient (Wildman–Crippen LogP) is 1.77. The Morgan fingerprint density at radius 2 is 2.19 bits per heavy atom. The van der Waals surface area contributed by atoms with Crippen molar-refractivity contribution in [3.8, 4) is 0 Å². The van der Waals surface area contributed by atoms with Crippen molar-refractivity contribution in [2.24, 2.45) is 11.7 Å². The second-order valence-corrected chi connectivity index (χ2v) is 4.77. The highest BCUT2D eigenvalue weighted by Crippen LogP contribution is 2.18. The molecule has 1 fully saturated rings. The van der Waals surface area contributed by atoms with E-state index in [0.717, 1.165) is 18.2 Å². The van der Waals surface area contributed by atoms with Crippen LogP contribution in [0.5, 0.6) is 0 Å². The summed E-state index contributed by atoms with van der Waals surface area (Å²) in [7, 11) is 0. The molecule has 3 heteroatoms. The van der Waals surface area contributed by atoms with Crippen LogP contribution in [0.15, 0.2) is 18.3 Å². The monoisotopic (exact) mass is 219 g/mol. The normalized spacial score (nSPS) is 18.9. The van der Waals surface area contributed by atoms with E-state index < -0.39 is 0 Å². The molecule has 0 aliphatic carbocycles. The summed E-state index contributed by atoms with van der Waals surface area (Å²) in [5.41, 5.74) is 8.03. The zero-order valence-corrected chi connectivity index (χ0v) is 10.0. The second kappa shape index (κ2) is 5.41. The smallest absolute Gasteiger partial charge is 0.0584 e. The molecular weight excluding hydrogens is 198 g/mol. The number of rotatable bonds is 3. The Morgan fingerprint density at radius 1 is 1.44 bits per heavy atom. The number of nitrogens with zero attached hydrogens (tertiary/aromatic N) is 2. The molecule has 1 saturated heterocycles. The van der Waals surface area contributed by atoms with Gasteiger partial charge in [0.2, 0.25) is 0 Å². The molecule has 0 amide bonds. The molecule has 88 valence electrons. The van der Waals surface area contributed by atoms with E-state index in [9.17, 15) is 0 Å². The van der Waals surface area contributed by atoms with Crippen LogP contribution >= 0.6 is 0 Å². The maximum absolute atomic E-state index is 5.70. The molecule has 1 aliphatic heterocycles. The Kier molecular flexibility index (Phi) is 3.91. The van der Waals surface area contributed by atoms with E-state index in [1.807, 2.05) is 12.3 Å². The zero-order valence-electron chi connectivity index (χ0n) is 10.0. The highest BCUT2D eigenvalue weighted by Gasteiger charge is 2.16. The van der Waals surface area contributed by atoms with Gasteiger partial charge < -0.3 is 5.73 Å². The molecule has 0 unspecified atom stereocenters. The Labute approximate surface area is 97.7 Å². The average Bonchev–Trinajstić information content (AvgIpc) is 2.33. The summed E-state index contributed by atoms with van der Waals surface area (Å²) >= 11 is 0. The summed E-state index contributed by atoms with van der Waals surface area (Å²) in [5.74, 6) is 0.888. The standard InChI is InChI=1S/C13H21N3/c1-11-4-7-16(8-5-11)10-12-3-2-6-15-13(12)9-14/h2-3,6,11H,4-5,7-10,14H2,1H3. The fourth-order valence-corrected chi connectivity index (χ4v) is 2.26. The molecule has 3 nitrogen and oxygen atoms in total. The van der Waals surface area contributed by atoms with Crippen LogP contribution in [-0.4, -0.2) is 23.0 Å². The molecular formula is C13H21N3. The molecule has 0 bridgehead atoms. The molecule has 1 aliphatic rings. The average molecular weight is 219 g/mol. The first-order chi connectivity index (χ1) is 7.79. The van der Waals surface area contributed by atoms with Gasteiger partial charge in [-0.15, -0.1) is 0 Å². The highest BCUT2D eigenvalue weighted by molar-refractivity contribution is 5.19. The van der Waals surface area contributed by atoms with Crippen molar-refractivity contribution in [3.05, 3.63) is 29.6 Å². The number of aromatic nitrogens is 1. The number of pyridine rings is 1. The van der Waals surface area contributed by atoms with Gasteiger partial charge in [0.15, 0.2) is 0 Å². The molecule has 2 rings (SSSR count). The quantitative estimate of drug-likeness (QED) is 0.842. The van der Waals surface area contributed by atoms with Crippen molar-refractivity contribution in [1.82, 2.24) is 9.88 Å². The van der Waals surface area contributed by atoms with Crippen molar-refractivity contribution < 1.29 is 0 Å². The van der Waals surface area contributed by atoms with E-state index in [1.54, 1.807) is 0 Å². The van der Waals surface area contributed by atoms with Gasteiger partial charge in [0.25, 0.3) is 0 Å². The van der Waals surface area contributed by atoms with Crippen LogP contribution in [0.2, 0.25) is 0 Å².